The Kier molecular flexibility index (Phi) is 8.54. The molecule has 46 heavy (non-hydrogen) atoms. The van der Waals surface area contributed by atoms with E-state index in [4.69, 9.17) is 21.1 Å². The van der Waals surface area contributed by atoms with Crippen LogP contribution < -0.4 is 14.4 Å². The molecular weight excluding hydrogens is 622 g/mol. The van der Waals surface area contributed by atoms with Crippen LogP contribution in [0.3, 0.4) is 0 Å². The number of carbonyl (C=O) groups is 1. The van der Waals surface area contributed by atoms with Gasteiger partial charge in [-0.2, -0.15) is 5.10 Å². The third-order valence-corrected chi connectivity index (χ3v) is 12.2. The summed E-state index contributed by atoms with van der Waals surface area (Å²) in [5.41, 5.74) is 3.36. The van der Waals surface area contributed by atoms with Crippen LogP contribution in [-0.2, 0) is 27.6 Å². The number of nitrogens with one attached hydrogen (secondary N) is 1. The van der Waals surface area contributed by atoms with Gasteiger partial charge in [0.15, 0.2) is 5.82 Å². The second kappa shape index (κ2) is 12.6. The number of allylic oxidation sites excluding steroid dienone is 1. The highest BCUT2D eigenvalue weighted by Crippen LogP contribution is 2.70. The molecule has 2 bridgehead atoms. The number of aromatic nitrogens is 2. The van der Waals surface area contributed by atoms with Crippen LogP contribution >= 0.6 is 11.6 Å². The van der Waals surface area contributed by atoms with Gasteiger partial charge >= 0.3 is 0 Å². The minimum absolute atomic E-state index is 0.0247. The Hall–Kier alpha value is -3.47. The van der Waals surface area contributed by atoms with Gasteiger partial charge in [0.25, 0.3) is 5.91 Å². The van der Waals surface area contributed by atoms with Gasteiger partial charge in [0.2, 0.25) is 0 Å². The molecule has 2 aromatic carbocycles. The minimum Gasteiger partial charge on any atom is -0.491 e. The second-order valence-electron chi connectivity index (χ2n) is 13.1. The molecule has 242 valence electrons. The zero-order chi connectivity index (χ0) is 31.9. The van der Waals surface area contributed by atoms with Crippen molar-refractivity contribution in [2.75, 3.05) is 35.6 Å². The first kappa shape index (κ1) is 31.1. The Morgan fingerprint density at radius 3 is 2.87 bits per heavy atom. The number of amides is 1. The van der Waals surface area contributed by atoms with Crippen LogP contribution in [0.2, 0.25) is 5.02 Å². The maximum absolute atomic E-state index is 14.4. The summed E-state index contributed by atoms with van der Waals surface area (Å²) in [5, 5.41) is 8.69. The highest BCUT2D eigenvalue weighted by atomic mass is 35.5. The molecule has 2 unspecified atom stereocenters. The van der Waals surface area contributed by atoms with Crippen molar-refractivity contribution in [3.63, 3.8) is 0 Å². The average Bonchev–Trinajstić information content (AvgIpc) is 3.57. The predicted molar refractivity (Wildman–Crippen MR) is 181 cm³/mol. The van der Waals surface area contributed by atoms with E-state index in [1.54, 1.807) is 24.4 Å². The monoisotopic (exact) mass is 661 g/mol. The van der Waals surface area contributed by atoms with Crippen molar-refractivity contribution >= 4 is 38.9 Å². The molecule has 2 aliphatic carbocycles. The van der Waals surface area contributed by atoms with Crippen molar-refractivity contribution in [2.45, 2.75) is 51.2 Å². The van der Waals surface area contributed by atoms with E-state index in [2.05, 4.69) is 48.5 Å². The molecule has 3 heterocycles. The van der Waals surface area contributed by atoms with Gasteiger partial charge in [0.1, 0.15) is 15.7 Å². The molecule has 1 amide bonds. The molecule has 2 saturated carbocycles. The zero-order valence-electron chi connectivity index (χ0n) is 26.2. The van der Waals surface area contributed by atoms with Crippen molar-refractivity contribution in [3.05, 3.63) is 88.6 Å². The van der Waals surface area contributed by atoms with E-state index in [0.29, 0.717) is 48.7 Å². The van der Waals surface area contributed by atoms with Crippen molar-refractivity contribution < 1.29 is 18.5 Å². The fourth-order valence-electron chi connectivity index (χ4n) is 7.65. The van der Waals surface area contributed by atoms with E-state index in [1.807, 2.05) is 32.2 Å². The Morgan fingerprint density at radius 1 is 1.15 bits per heavy atom. The number of aryl methyl sites for hydroxylation is 1. The first-order valence-corrected chi connectivity index (χ1v) is 18.2. The predicted octanol–water partition coefficient (Wildman–Crippen LogP) is 6.73. The van der Waals surface area contributed by atoms with E-state index in [0.717, 1.165) is 48.7 Å². The van der Waals surface area contributed by atoms with Gasteiger partial charge in [-0.25, -0.2) is 4.21 Å². The number of hydrogen-bond acceptors (Lipinski definition) is 7. The molecule has 6 atom stereocenters. The number of rotatable bonds is 3. The summed E-state index contributed by atoms with van der Waals surface area (Å²) >= 11 is 6.45. The van der Waals surface area contributed by atoms with Crippen molar-refractivity contribution in [2.24, 2.45) is 28.0 Å². The third-order valence-electron chi connectivity index (χ3n) is 9.97. The number of hydrogen-bond donors (Lipinski definition) is 1. The van der Waals surface area contributed by atoms with Gasteiger partial charge in [-0.3, -0.25) is 9.52 Å². The molecule has 1 aromatic heterocycles. The van der Waals surface area contributed by atoms with Crippen LogP contribution in [0.1, 0.15) is 54.1 Å². The van der Waals surface area contributed by atoms with Gasteiger partial charge in [0, 0.05) is 42.9 Å². The maximum atomic E-state index is 14.4. The van der Waals surface area contributed by atoms with Crippen LogP contribution in [0.25, 0.3) is 0 Å². The maximum Gasteiger partial charge on any atom is 0.286 e. The summed E-state index contributed by atoms with van der Waals surface area (Å²) in [4.78, 5) is 16.2. The molecule has 1 N–H and O–H groups in total. The summed E-state index contributed by atoms with van der Waals surface area (Å²) in [7, 11) is -1.44. The Balaban J connectivity index is 1.34. The number of methoxy groups -OCH3 is 1. The van der Waals surface area contributed by atoms with E-state index in [9.17, 15) is 9.00 Å². The average molecular weight is 662 g/mol. The highest BCUT2D eigenvalue weighted by Gasteiger charge is 2.73. The number of carbonyl (C=O) groups excluding carboxylic acids is 1. The molecule has 9 nitrogen and oxygen atoms in total. The van der Waals surface area contributed by atoms with E-state index in [1.165, 1.54) is 11.1 Å². The van der Waals surface area contributed by atoms with Gasteiger partial charge < -0.3 is 14.4 Å². The molecule has 11 heteroatoms. The van der Waals surface area contributed by atoms with Gasteiger partial charge in [-0.05, 0) is 103 Å². The van der Waals surface area contributed by atoms with Gasteiger partial charge in [-0.15, -0.1) is 9.46 Å². The number of nitrogens with zero attached hydrogens (tertiary/aromatic N) is 4. The Morgan fingerprint density at radius 2 is 2.04 bits per heavy atom. The lowest BCUT2D eigenvalue weighted by Crippen LogP contribution is -2.34. The van der Waals surface area contributed by atoms with Crippen LogP contribution in [-0.4, -0.2) is 51.9 Å². The summed E-state index contributed by atoms with van der Waals surface area (Å²) in [5.74, 6) is 1.95. The molecule has 0 radical (unpaired) electrons. The summed E-state index contributed by atoms with van der Waals surface area (Å²) in [6, 6.07) is 15.0. The lowest BCUT2D eigenvalue weighted by Gasteiger charge is -2.34. The molecule has 7 rings (SSSR count). The topological polar surface area (TPSA) is 106 Å². The fraction of sp³-hybridized carbons (Fsp3) is 0.457. The number of halogens is 1. The summed E-state index contributed by atoms with van der Waals surface area (Å²) in [6.07, 6.45) is 10.5. The number of anilines is 2. The summed E-state index contributed by atoms with van der Waals surface area (Å²) in [6.45, 7) is 4.02. The Labute approximate surface area is 276 Å². The van der Waals surface area contributed by atoms with E-state index >= 15 is 0 Å². The number of benzene rings is 2. The van der Waals surface area contributed by atoms with Crippen LogP contribution in [0.15, 0.2) is 71.2 Å². The largest absolute Gasteiger partial charge is 0.491 e. The lowest BCUT2D eigenvalue weighted by molar-refractivity contribution is 0.100. The zero-order valence-corrected chi connectivity index (χ0v) is 27.8. The van der Waals surface area contributed by atoms with Crippen molar-refractivity contribution in [3.8, 4) is 5.75 Å². The number of ether oxygens (including phenoxy) is 2. The third kappa shape index (κ3) is 6.14. The summed E-state index contributed by atoms with van der Waals surface area (Å²) < 4.78 is 34.3. The Bertz CT molecular complexity index is 1780. The first-order chi connectivity index (χ1) is 22.3. The van der Waals surface area contributed by atoms with Crippen LogP contribution in [0.4, 0.5) is 11.5 Å². The molecule has 2 aliphatic heterocycles. The first-order valence-electron chi connectivity index (χ1n) is 16.1. The molecule has 0 saturated heterocycles. The quantitative estimate of drug-likeness (QED) is 0.310. The number of fused-ring (bicyclic) bond motifs is 3. The van der Waals surface area contributed by atoms with Crippen molar-refractivity contribution in [1.82, 2.24) is 10.2 Å². The molecule has 4 aliphatic rings. The van der Waals surface area contributed by atoms with Crippen LogP contribution in [0.5, 0.6) is 5.75 Å². The highest BCUT2D eigenvalue weighted by molar-refractivity contribution is 7.95. The van der Waals surface area contributed by atoms with E-state index in [-0.39, 0.29) is 17.3 Å². The van der Waals surface area contributed by atoms with Gasteiger partial charge in [-0.1, -0.05) is 36.7 Å². The van der Waals surface area contributed by atoms with Crippen LogP contribution in [0, 0.1) is 23.7 Å². The molecular formula is C35H40ClN5O4S. The van der Waals surface area contributed by atoms with Gasteiger partial charge in [0.05, 0.1) is 23.6 Å². The minimum atomic E-state index is -3.25. The molecule has 2 fully saturated rings. The fourth-order valence-corrected chi connectivity index (χ4v) is 9.77. The standard InChI is InChI=1S/C35H40ClN5O4S/c1-23-7-5-14-35(44-2)29-18-27(33(29)35)21-41-20-26-10-12-28(36)17-24(26)8-3-4-16-45-31-13-11-25(19-30(31)41)34(42)40-46(43,22-23)39-32-9-6-15-37-38-32/h5-6,9-15,17,19,23,27,29,33H,3-4,7-8,16,18,20-22H2,1-2H3,(H,38,39,40,42,43)/b14-5+/t23-,27-,29?,33-,35-,46?/m0/s1. The SMILES string of the molecule is CO[C@@]12/C=C/C[C@H](C)CS(=O)(Nc3cccnn3)=NC(=O)c3ccc4c(c3)N(Cc3ccc(Cl)cc3CCCCO4)C[C@@H]3CC1[C@H]32. The normalized spacial score (nSPS) is 31.5. The molecule has 0 spiro atoms. The van der Waals surface area contributed by atoms with Crippen molar-refractivity contribution in [1.29, 1.82) is 0 Å². The smallest absolute Gasteiger partial charge is 0.286 e. The van der Waals surface area contributed by atoms with E-state index < -0.39 is 15.8 Å². The molecule has 3 aromatic rings. The lowest BCUT2D eigenvalue weighted by atomic mass is 9.84. The second-order valence-corrected chi connectivity index (χ2v) is 15.6.